The molecule has 0 unspecified atom stereocenters. The van der Waals surface area contributed by atoms with Gasteiger partial charge in [0.05, 0.1) is 53.4 Å². The SMILES string of the molecule is COc1c2cc(C(C)(C)C)cc1Sc1cc(C(C)(C)C)cc(c1OC)Sc1cc(C(C)(C)C)cc(c1O)Sc1cc(C(C)(C)C)cc(c1O)S2. The lowest BCUT2D eigenvalue weighted by Gasteiger charge is -2.27. The molecule has 1 aliphatic heterocycles. The van der Waals surface area contributed by atoms with Crippen LogP contribution in [-0.4, -0.2) is 24.4 Å². The Morgan fingerprint density at radius 3 is 0.740 bits per heavy atom. The highest BCUT2D eigenvalue weighted by atomic mass is 32.2. The Morgan fingerprint density at radius 1 is 0.360 bits per heavy atom. The van der Waals surface area contributed by atoms with Gasteiger partial charge in [-0.05, 0) is 92.4 Å². The fraction of sp³-hybridized carbons (Fsp3) is 0.429. The van der Waals surface area contributed by atoms with Gasteiger partial charge in [-0.3, -0.25) is 0 Å². The summed E-state index contributed by atoms with van der Waals surface area (Å²) < 4.78 is 12.5. The van der Waals surface area contributed by atoms with E-state index in [1.165, 1.54) is 46.4 Å². The lowest BCUT2D eigenvalue weighted by atomic mass is 9.87. The fourth-order valence-corrected chi connectivity index (χ4v) is 10.2. The molecule has 0 radical (unpaired) electrons. The molecule has 4 aromatic rings. The van der Waals surface area contributed by atoms with E-state index in [1.54, 1.807) is 26.0 Å². The number of fused-ring (bicyclic) bond motifs is 8. The molecule has 1 aliphatic rings. The Bertz CT molecular complexity index is 1800. The average Bonchev–Trinajstić information content (AvgIpc) is 2.98. The Balaban J connectivity index is 1.93. The largest absolute Gasteiger partial charge is 0.506 e. The first-order valence-corrected chi connectivity index (χ1v) is 20.2. The van der Waals surface area contributed by atoms with E-state index in [2.05, 4.69) is 132 Å². The molecule has 268 valence electrons. The minimum absolute atomic E-state index is 0.141. The number of ether oxygens (including phenoxy) is 2. The summed E-state index contributed by atoms with van der Waals surface area (Å²) in [5.74, 6) is 1.89. The van der Waals surface area contributed by atoms with Crippen LogP contribution in [0.2, 0.25) is 0 Å². The third-order valence-electron chi connectivity index (χ3n) is 8.87. The van der Waals surface area contributed by atoms with Gasteiger partial charge in [0.1, 0.15) is 23.0 Å². The van der Waals surface area contributed by atoms with Gasteiger partial charge >= 0.3 is 0 Å². The summed E-state index contributed by atoms with van der Waals surface area (Å²) in [6, 6.07) is 17.2. The minimum atomic E-state index is -0.183. The number of hydrogen-bond donors (Lipinski definition) is 2. The number of phenols is 2. The maximum absolute atomic E-state index is 12.0. The van der Waals surface area contributed by atoms with Gasteiger partial charge in [-0.25, -0.2) is 0 Å². The summed E-state index contributed by atoms with van der Waals surface area (Å²) >= 11 is 6.08. The molecule has 50 heavy (non-hydrogen) atoms. The Morgan fingerprint density at radius 2 is 0.540 bits per heavy atom. The van der Waals surface area contributed by atoms with E-state index in [0.717, 1.165) is 52.0 Å². The highest BCUT2D eigenvalue weighted by Crippen LogP contribution is 2.55. The summed E-state index contributed by atoms with van der Waals surface area (Å²) in [5.41, 5.74) is 3.88. The third kappa shape index (κ3) is 8.09. The van der Waals surface area contributed by atoms with E-state index in [0.29, 0.717) is 9.79 Å². The van der Waals surface area contributed by atoms with Gasteiger partial charge in [0.25, 0.3) is 0 Å². The van der Waals surface area contributed by atoms with Gasteiger partial charge in [-0.15, -0.1) is 0 Å². The zero-order valence-corrected chi connectivity index (χ0v) is 35.2. The van der Waals surface area contributed by atoms with Crippen molar-refractivity contribution in [2.75, 3.05) is 14.2 Å². The van der Waals surface area contributed by atoms with Crippen molar-refractivity contribution >= 4 is 47.0 Å². The van der Waals surface area contributed by atoms with Crippen molar-refractivity contribution in [3.63, 3.8) is 0 Å². The van der Waals surface area contributed by atoms with Gasteiger partial charge in [-0.1, -0.05) is 130 Å². The highest BCUT2D eigenvalue weighted by Gasteiger charge is 2.29. The summed E-state index contributed by atoms with van der Waals surface area (Å²) in [6.45, 7) is 26.4. The quantitative estimate of drug-likeness (QED) is 0.185. The molecule has 8 bridgehead atoms. The summed E-state index contributed by atoms with van der Waals surface area (Å²) in [5, 5.41) is 24.0. The molecule has 0 spiro atoms. The number of methoxy groups -OCH3 is 2. The second kappa shape index (κ2) is 13.8. The molecule has 2 N–H and O–H groups in total. The van der Waals surface area contributed by atoms with E-state index in [9.17, 15) is 10.2 Å². The standard InChI is InChI=1S/C42H52O4S4/c1-39(2,3)23-15-27-35(43)29(17-23)48-31-19-25(41(7,8)9)21-33(37(31)45-13)50-34-22-26(42(10,11)12)20-32(38(34)46-14)49-30-18-24(40(4,5)6)16-28(47-27)36(30)44/h15-22,43-44H,1-14H3. The number of hydrogen-bond acceptors (Lipinski definition) is 8. The van der Waals surface area contributed by atoms with Crippen molar-refractivity contribution < 1.29 is 19.7 Å². The van der Waals surface area contributed by atoms with Crippen LogP contribution in [0.15, 0.2) is 87.7 Å². The third-order valence-corrected chi connectivity index (χ3v) is 13.1. The van der Waals surface area contributed by atoms with Gasteiger partial charge in [0, 0.05) is 0 Å². The van der Waals surface area contributed by atoms with E-state index >= 15 is 0 Å². The molecule has 0 atom stereocenters. The second-order valence-electron chi connectivity index (χ2n) is 17.1. The highest BCUT2D eigenvalue weighted by molar-refractivity contribution is 8.01. The van der Waals surface area contributed by atoms with Crippen LogP contribution in [-0.2, 0) is 21.7 Å². The van der Waals surface area contributed by atoms with Crippen molar-refractivity contribution in [2.45, 2.75) is 144 Å². The molecule has 4 nitrogen and oxygen atoms in total. The predicted molar refractivity (Wildman–Crippen MR) is 213 cm³/mol. The first-order valence-electron chi connectivity index (χ1n) is 16.9. The van der Waals surface area contributed by atoms with Gasteiger partial charge < -0.3 is 19.7 Å². The van der Waals surface area contributed by atoms with Crippen LogP contribution in [0, 0.1) is 0 Å². The fourth-order valence-electron chi connectivity index (χ4n) is 5.54. The van der Waals surface area contributed by atoms with Crippen LogP contribution >= 0.6 is 47.0 Å². The van der Waals surface area contributed by atoms with Gasteiger partial charge in [0.15, 0.2) is 0 Å². The van der Waals surface area contributed by atoms with Crippen LogP contribution in [0.5, 0.6) is 23.0 Å². The number of phenolic OH excluding ortho intramolecular Hbond substituents is 2. The van der Waals surface area contributed by atoms with Crippen LogP contribution < -0.4 is 9.47 Å². The van der Waals surface area contributed by atoms with Crippen LogP contribution in [0.4, 0.5) is 0 Å². The second-order valence-corrected chi connectivity index (χ2v) is 21.4. The topological polar surface area (TPSA) is 58.9 Å². The van der Waals surface area contributed by atoms with Crippen LogP contribution in [0.1, 0.15) is 105 Å². The lowest BCUT2D eigenvalue weighted by Crippen LogP contribution is -2.13. The first-order chi connectivity index (χ1) is 23.0. The van der Waals surface area contributed by atoms with Crippen LogP contribution in [0.3, 0.4) is 0 Å². The molecule has 0 amide bonds. The molecule has 4 aromatic carbocycles. The Labute approximate surface area is 316 Å². The van der Waals surface area contributed by atoms with Gasteiger partial charge in [0.2, 0.25) is 0 Å². The van der Waals surface area contributed by atoms with Crippen molar-refractivity contribution in [3.8, 4) is 23.0 Å². The van der Waals surface area contributed by atoms with Crippen molar-refractivity contribution in [1.29, 1.82) is 0 Å². The monoisotopic (exact) mass is 748 g/mol. The van der Waals surface area contributed by atoms with Gasteiger partial charge in [-0.2, -0.15) is 0 Å². The lowest BCUT2D eigenvalue weighted by molar-refractivity contribution is 0.390. The van der Waals surface area contributed by atoms with E-state index in [1.807, 2.05) is 0 Å². The molecule has 0 saturated carbocycles. The zero-order valence-electron chi connectivity index (χ0n) is 32.0. The van der Waals surface area contributed by atoms with E-state index < -0.39 is 0 Å². The summed E-state index contributed by atoms with van der Waals surface area (Å²) in [7, 11) is 3.44. The smallest absolute Gasteiger partial charge is 0.146 e. The van der Waals surface area contributed by atoms with Crippen LogP contribution in [0.25, 0.3) is 0 Å². The molecule has 0 fully saturated rings. The maximum Gasteiger partial charge on any atom is 0.146 e. The predicted octanol–water partition coefficient (Wildman–Crippen LogP) is 13.2. The number of benzene rings is 4. The molecule has 0 aliphatic carbocycles. The maximum atomic E-state index is 12.0. The first kappa shape index (κ1) is 38.7. The molecule has 5 rings (SSSR count). The molecular weight excluding hydrogens is 697 g/mol. The van der Waals surface area contributed by atoms with Crippen molar-refractivity contribution in [1.82, 2.24) is 0 Å². The summed E-state index contributed by atoms with van der Waals surface area (Å²) in [4.78, 5) is 6.65. The Kier molecular flexibility index (Phi) is 10.7. The Hall–Kier alpha value is -2.52. The normalized spacial score (nSPS) is 14.0. The van der Waals surface area contributed by atoms with E-state index in [-0.39, 0.29) is 33.2 Å². The molecular formula is C42H52O4S4. The number of rotatable bonds is 2. The van der Waals surface area contributed by atoms with E-state index in [4.69, 9.17) is 9.47 Å². The zero-order chi connectivity index (χ0) is 37.1. The minimum Gasteiger partial charge on any atom is -0.506 e. The average molecular weight is 749 g/mol. The van der Waals surface area contributed by atoms with Crippen molar-refractivity contribution in [3.05, 3.63) is 70.8 Å². The molecule has 0 aromatic heterocycles. The number of aromatic hydroxyl groups is 2. The summed E-state index contributed by atoms with van der Waals surface area (Å²) in [6.07, 6.45) is 0. The molecule has 0 saturated heterocycles. The molecule has 1 heterocycles. The van der Waals surface area contributed by atoms with Crippen molar-refractivity contribution in [2.24, 2.45) is 0 Å². The molecule has 8 heteroatoms.